The topological polar surface area (TPSA) is 85.3 Å². The summed E-state index contributed by atoms with van der Waals surface area (Å²) < 4.78 is 7.08. The second kappa shape index (κ2) is 9.09. The van der Waals surface area contributed by atoms with Crippen LogP contribution in [0.1, 0.15) is 10.4 Å². The van der Waals surface area contributed by atoms with Crippen molar-refractivity contribution in [1.29, 1.82) is 0 Å². The summed E-state index contributed by atoms with van der Waals surface area (Å²) in [5, 5.41) is 6.07. The van der Waals surface area contributed by atoms with Gasteiger partial charge in [-0.1, -0.05) is 17.8 Å². The normalized spacial score (nSPS) is 10.4. The Balaban J connectivity index is 1.63. The number of hydrogen-bond donors (Lipinski definition) is 2. The first kappa shape index (κ1) is 19.5. The summed E-state index contributed by atoms with van der Waals surface area (Å²) in [4.78, 5) is 28.3. The second-order valence-electron chi connectivity index (χ2n) is 5.77. The third kappa shape index (κ3) is 4.72. The lowest BCUT2D eigenvalue weighted by Crippen LogP contribution is -2.19. The van der Waals surface area contributed by atoms with Gasteiger partial charge in [0.15, 0.2) is 5.16 Å². The Kier molecular flexibility index (Phi) is 6.33. The monoisotopic (exact) mass is 396 g/mol. The number of amides is 2. The molecule has 1 heterocycles. The number of hydrogen-bond acceptors (Lipinski definition) is 5. The Morgan fingerprint density at radius 1 is 1.18 bits per heavy atom. The van der Waals surface area contributed by atoms with Gasteiger partial charge in [-0.25, -0.2) is 4.98 Å². The number of imidazole rings is 1. The van der Waals surface area contributed by atoms with Crippen molar-refractivity contribution in [3.8, 4) is 11.4 Å². The minimum Gasteiger partial charge on any atom is -0.497 e. The Labute approximate surface area is 167 Å². The molecule has 0 radical (unpaired) electrons. The van der Waals surface area contributed by atoms with Gasteiger partial charge in [-0.15, -0.1) is 0 Å². The smallest absolute Gasteiger partial charge is 0.251 e. The van der Waals surface area contributed by atoms with Crippen LogP contribution in [0.3, 0.4) is 0 Å². The number of methoxy groups -OCH3 is 1. The van der Waals surface area contributed by atoms with E-state index in [0.29, 0.717) is 16.4 Å². The molecule has 0 unspecified atom stereocenters. The summed E-state index contributed by atoms with van der Waals surface area (Å²) in [6, 6.07) is 14.4. The van der Waals surface area contributed by atoms with E-state index < -0.39 is 0 Å². The number of nitrogens with zero attached hydrogens (tertiary/aromatic N) is 2. The van der Waals surface area contributed by atoms with Gasteiger partial charge in [-0.05, 0) is 42.5 Å². The van der Waals surface area contributed by atoms with Crippen LogP contribution in [0.15, 0.2) is 66.1 Å². The minimum atomic E-state index is -0.202. The number of carbonyl (C=O) groups excluding carboxylic acids is 2. The molecule has 2 N–H and O–H groups in total. The van der Waals surface area contributed by atoms with Crippen LogP contribution in [0, 0.1) is 0 Å². The fourth-order valence-electron chi connectivity index (χ4n) is 2.55. The van der Waals surface area contributed by atoms with E-state index in [1.165, 1.54) is 11.8 Å². The third-order valence-corrected chi connectivity index (χ3v) is 4.89. The predicted molar refractivity (Wildman–Crippen MR) is 109 cm³/mol. The third-order valence-electron chi connectivity index (χ3n) is 3.93. The molecule has 0 spiro atoms. The number of nitrogens with one attached hydrogen (secondary N) is 2. The molecule has 2 aromatic carbocycles. The molecule has 0 bridgehead atoms. The average molecular weight is 396 g/mol. The van der Waals surface area contributed by atoms with Crippen molar-refractivity contribution in [2.75, 3.05) is 25.2 Å². The highest BCUT2D eigenvalue weighted by Crippen LogP contribution is 2.22. The first-order valence-electron chi connectivity index (χ1n) is 8.53. The highest BCUT2D eigenvalue weighted by molar-refractivity contribution is 7.99. The van der Waals surface area contributed by atoms with E-state index in [0.717, 1.165) is 11.4 Å². The van der Waals surface area contributed by atoms with Gasteiger partial charge in [0, 0.05) is 36.4 Å². The molecule has 0 saturated carbocycles. The molecule has 0 aliphatic rings. The van der Waals surface area contributed by atoms with Gasteiger partial charge in [0.2, 0.25) is 5.91 Å². The Morgan fingerprint density at radius 3 is 2.68 bits per heavy atom. The molecule has 3 rings (SSSR count). The lowest BCUT2D eigenvalue weighted by Gasteiger charge is -2.09. The fourth-order valence-corrected chi connectivity index (χ4v) is 3.32. The molecular formula is C20H20N4O3S. The first-order chi connectivity index (χ1) is 13.6. The minimum absolute atomic E-state index is 0.177. The zero-order valence-corrected chi connectivity index (χ0v) is 16.3. The molecule has 28 heavy (non-hydrogen) atoms. The molecule has 144 valence electrons. The number of anilines is 1. The van der Waals surface area contributed by atoms with Gasteiger partial charge >= 0.3 is 0 Å². The molecule has 1 aromatic heterocycles. The van der Waals surface area contributed by atoms with Crippen molar-refractivity contribution < 1.29 is 14.3 Å². The van der Waals surface area contributed by atoms with Gasteiger partial charge in [-0.3, -0.25) is 14.2 Å². The standard InChI is InChI=1S/C20H20N4O3S/c1-21-19(26)14-4-3-5-15(12-14)23-18(25)13-28-20-22-10-11-24(20)16-6-8-17(27-2)9-7-16/h3-12H,13H2,1-2H3,(H,21,26)(H,23,25). The maximum atomic E-state index is 12.3. The maximum Gasteiger partial charge on any atom is 0.251 e. The van der Waals surface area contributed by atoms with Gasteiger partial charge < -0.3 is 15.4 Å². The van der Waals surface area contributed by atoms with Crippen LogP contribution in [0.2, 0.25) is 0 Å². The van der Waals surface area contributed by atoms with Crippen LogP contribution < -0.4 is 15.4 Å². The zero-order chi connectivity index (χ0) is 19.9. The molecule has 0 aliphatic heterocycles. The molecule has 0 aliphatic carbocycles. The number of benzene rings is 2. The van der Waals surface area contributed by atoms with E-state index in [1.54, 1.807) is 44.6 Å². The van der Waals surface area contributed by atoms with Crippen molar-refractivity contribution in [1.82, 2.24) is 14.9 Å². The lowest BCUT2D eigenvalue weighted by molar-refractivity contribution is -0.113. The van der Waals surface area contributed by atoms with Gasteiger partial charge in [0.25, 0.3) is 5.91 Å². The van der Waals surface area contributed by atoms with Crippen LogP contribution in [0.4, 0.5) is 5.69 Å². The molecule has 8 heteroatoms. The predicted octanol–water partition coefficient (Wildman–Crippen LogP) is 2.97. The largest absolute Gasteiger partial charge is 0.497 e. The number of ether oxygens (including phenoxy) is 1. The summed E-state index contributed by atoms with van der Waals surface area (Å²) in [5.74, 6) is 0.587. The Hall–Kier alpha value is -3.26. The number of aromatic nitrogens is 2. The maximum absolute atomic E-state index is 12.3. The molecule has 3 aromatic rings. The van der Waals surface area contributed by atoms with E-state index in [-0.39, 0.29) is 17.6 Å². The molecule has 0 saturated heterocycles. The van der Waals surface area contributed by atoms with E-state index in [9.17, 15) is 9.59 Å². The Morgan fingerprint density at radius 2 is 1.96 bits per heavy atom. The highest BCUT2D eigenvalue weighted by Gasteiger charge is 2.11. The fraction of sp³-hybridized carbons (Fsp3) is 0.150. The van der Waals surface area contributed by atoms with Crippen LogP contribution in [-0.2, 0) is 4.79 Å². The molecule has 0 fully saturated rings. The van der Waals surface area contributed by atoms with Gasteiger partial charge in [0.05, 0.1) is 12.9 Å². The summed E-state index contributed by atoms with van der Waals surface area (Å²) in [5.41, 5.74) is 1.99. The van der Waals surface area contributed by atoms with Gasteiger partial charge in [0.1, 0.15) is 5.75 Å². The van der Waals surface area contributed by atoms with Gasteiger partial charge in [-0.2, -0.15) is 0 Å². The lowest BCUT2D eigenvalue weighted by atomic mass is 10.2. The van der Waals surface area contributed by atoms with E-state index in [4.69, 9.17) is 4.74 Å². The van der Waals surface area contributed by atoms with E-state index >= 15 is 0 Å². The van der Waals surface area contributed by atoms with Crippen molar-refractivity contribution in [3.05, 3.63) is 66.5 Å². The summed E-state index contributed by atoms with van der Waals surface area (Å²) in [7, 11) is 3.19. The number of thioether (sulfide) groups is 1. The highest BCUT2D eigenvalue weighted by atomic mass is 32.2. The molecule has 7 nitrogen and oxygen atoms in total. The van der Waals surface area contributed by atoms with Crippen molar-refractivity contribution >= 4 is 29.3 Å². The van der Waals surface area contributed by atoms with Crippen molar-refractivity contribution in [2.24, 2.45) is 0 Å². The van der Waals surface area contributed by atoms with E-state index in [2.05, 4.69) is 15.6 Å². The average Bonchev–Trinajstić information content (AvgIpc) is 3.20. The second-order valence-corrected chi connectivity index (χ2v) is 6.72. The van der Waals surface area contributed by atoms with Crippen LogP contribution >= 0.6 is 11.8 Å². The molecule has 0 atom stereocenters. The summed E-state index contributed by atoms with van der Waals surface area (Å²) >= 11 is 1.33. The Bertz CT molecular complexity index is 970. The van der Waals surface area contributed by atoms with Crippen molar-refractivity contribution in [3.63, 3.8) is 0 Å². The van der Waals surface area contributed by atoms with Crippen LogP contribution in [-0.4, -0.2) is 41.3 Å². The molecule has 2 amide bonds. The number of rotatable bonds is 7. The van der Waals surface area contributed by atoms with Crippen LogP contribution in [0.5, 0.6) is 5.75 Å². The zero-order valence-electron chi connectivity index (χ0n) is 15.5. The first-order valence-corrected chi connectivity index (χ1v) is 9.52. The number of carbonyl (C=O) groups is 2. The quantitative estimate of drug-likeness (QED) is 0.600. The van der Waals surface area contributed by atoms with E-state index in [1.807, 2.05) is 35.0 Å². The van der Waals surface area contributed by atoms with Crippen molar-refractivity contribution in [2.45, 2.75) is 5.16 Å². The summed E-state index contributed by atoms with van der Waals surface area (Å²) in [6.07, 6.45) is 3.53. The van der Waals surface area contributed by atoms with Crippen LogP contribution in [0.25, 0.3) is 5.69 Å². The summed E-state index contributed by atoms with van der Waals surface area (Å²) in [6.45, 7) is 0. The molecular weight excluding hydrogens is 376 g/mol. The SMILES string of the molecule is CNC(=O)c1cccc(NC(=O)CSc2nccn2-c2ccc(OC)cc2)c1.